The Morgan fingerprint density at radius 3 is 2.18 bits per heavy atom. The fourth-order valence-corrected chi connectivity index (χ4v) is 1.78. The zero-order chi connectivity index (χ0) is 15.9. The molecular formula is C17H15NO4. The molecule has 0 aliphatic carbocycles. The van der Waals surface area contributed by atoms with Crippen molar-refractivity contribution in [1.82, 2.24) is 0 Å². The average molecular weight is 297 g/mol. The van der Waals surface area contributed by atoms with Crippen molar-refractivity contribution in [3.8, 4) is 5.75 Å². The van der Waals surface area contributed by atoms with Crippen molar-refractivity contribution in [3.05, 3.63) is 60.2 Å². The highest BCUT2D eigenvalue weighted by Gasteiger charge is 2.09. The molecule has 2 rings (SSSR count). The number of hydrogen-bond acceptors (Lipinski definition) is 4. The normalized spacial score (nSPS) is 9.86. The van der Waals surface area contributed by atoms with Crippen LogP contribution < -0.4 is 10.1 Å². The number of Topliss-reactive ketones (excluding diaryl/α,β-unsaturated/α-hetero) is 1. The lowest BCUT2D eigenvalue weighted by atomic mass is 10.2. The number of nitrogens with one attached hydrogen (secondary N) is 1. The molecule has 0 radical (unpaired) electrons. The molecule has 0 atom stereocenters. The van der Waals surface area contributed by atoms with Crippen LogP contribution in [0.4, 0.5) is 5.69 Å². The summed E-state index contributed by atoms with van der Waals surface area (Å²) in [6, 6.07) is 15.0. The van der Waals surface area contributed by atoms with Gasteiger partial charge >= 0.3 is 5.97 Å². The van der Waals surface area contributed by atoms with Gasteiger partial charge in [0.05, 0.1) is 12.0 Å². The monoisotopic (exact) mass is 297 g/mol. The van der Waals surface area contributed by atoms with Gasteiger partial charge in [0.1, 0.15) is 11.5 Å². The van der Waals surface area contributed by atoms with Crippen molar-refractivity contribution in [2.45, 2.75) is 13.3 Å². The summed E-state index contributed by atoms with van der Waals surface area (Å²) in [5, 5.41) is 2.58. The Balaban J connectivity index is 1.98. The van der Waals surface area contributed by atoms with Gasteiger partial charge in [0, 0.05) is 5.69 Å². The van der Waals surface area contributed by atoms with Gasteiger partial charge in [0.25, 0.3) is 0 Å². The van der Waals surface area contributed by atoms with E-state index in [1.165, 1.54) is 6.92 Å². The number of rotatable bonds is 5. The van der Waals surface area contributed by atoms with E-state index >= 15 is 0 Å². The lowest BCUT2D eigenvalue weighted by Gasteiger charge is -2.06. The lowest BCUT2D eigenvalue weighted by Crippen LogP contribution is -2.15. The van der Waals surface area contributed by atoms with Crippen molar-refractivity contribution in [2.75, 3.05) is 5.32 Å². The van der Waals surface area contributed by atoms with Gasteiger partial charge in [-0.1, -0.05) is 18.2 Å². The Bertz CT molecular complexity index is 678. The number of esters is 1. The van der Waals surface area contributed by atoms with E-state index in [0.29, 0.717) is 17.0 Å². The minimum atomic E-state index is -0.479. The molecule has 0 saturated heterocycles. The van der Waals surface area contributed by atoms with E-state index < -0.39 is 5.97 Å². The molecule has 0 heterocycles. The van der Waals surface area contributed by atoms with Crippen LogP contribution in [0.2, 0.25) is 0 Å². The van der Waals surface area contributed by atoms with Crippen LogP contribution >= 0.6 is 0 Å². The van der Waals surface area contributed by atoms with Crippen molar-refractivity contribution < 1.29 is 19.1 Å². The van der Waals surface area contributed by atoms with Crippen LogP contribution in [0.3, 0.4) is 0 Å². The summed E-state index contributed by atoms with van der Waals surface area (Å²) in [5.41, 5.74) is 0.885. The maximum atomic E-state index is 11.9. The summed E-state index contributed by atoms with van der Waals surface area (Å²) in [7, 11) is 0. The quantitative estimate of drug-likeness (QED) is 0.523. The minimum absolute atomic E-state index is 0.169. The average Bonchev–Trinajstić information content (AvgIpc) is 2.48. The van der Waals surface area contributed by atoms with Gasteiger partial charge in [0.15, 0.2) is 0 Å². The van der Waals surface area contributed by atoms with Gasteiger partial charge in [-0.15, -0.1) is 0 Å². The Kier molecular flexibility index (Phi) is 5.03. The molecule has 5 heteroatoms. The first-order valence-corrected chi connectivity index (χ1v) is 6.71. The Hall–Kier alpha value is -2.95. The topological polar surface area (TPSA) is 72.5 Å². The number of carbonyl (C=O) groups is 3. The van der Waals surface area contributed by atoms with Crippen molar-refractivity contribution in [2.24, 2.45) is 0 Å². The summed E-state index contributed by atoms with van der Waals surface area (Å²) < 4.78 is 5.20. The highest BCUT2D eigenvalue weighted by atomic mass is 16.5. The van der Waals surface area contributed by atoms with Gasteiger partial charge in [-0.05, 0) is 43.3 Å². The summed E-state index contributed by atoms with van der Waals surface area (Å²) >= 11 is 0. The lowest BCUT2D eigenvalue weighted by molar-refractivity contribution is -0.124. The molecule has 1 N–H and O–H groups in total. The van der Waals surface area contributed by atoms with Gasteiger partial charge < -0.3 is 10.1 Å². The second-order valence-electron chi connectivity index (χ2n) is 4.71. The van der Waals surface area contributed by atoms with Gasteiger partial charge in [0.2, 0.25) is 5.91 Å². The summed E-state index contributed by atoms with van der Waals surface area (Å²) in [4.78, 5) is 34.2. The molecule has 22 heavy (non-hydrogen) atoms. The molecule has 0 fully saturated rings. The molecule has 0 saturated carbocycles. The minimum Gasteiger partial charge on any atom is -0.423 e. The standard InChI is InChI=1S/C17H15NO4/c1-12(19)11-16(20)18-14-9-7-13(8-10-14)17(21)22-15-5-3-2-4-6-15/h2-10H,11H2,1H3,(H,18,20). The van der Waals surface area contributed by atoms with Crippen LogP contribution in [-0.4, -0.2) is 17.7 Å². The van der Waals surface area contributed by atoms with Crippen LogP contribution in [0, 0.1) is 0 Å². The highest BCUT2D eigenvalue weighted by molar-refractivity contribution is 6.03. The summed E-state index contributed by atoms with van der Waals surface area (Å²) in [5.74, 6) is -0.605. The molecular weight excluding hydrogens is 282 g/mol. The molecule has 0 spiro atoms. The first-order chi connectivity index (χ1) is 10.5. The van der Waals surface area contributed by atoms with Crippen LogP contribution in [0.25, 0.3) is 0 Å². The molecule has 0 aliphatic heterocycles. The van der Waals surface area contributed by atoms with E-state index in [-0.39, 0.29) is 18.1 Å². The summed E-state index contributed by atoms with van der Waals surface area (Å²) in [6.45, 7) is 1.35. The van der Waals surface area contributed by atoms with Crippen molar-refractivity contribution in [1.29, 1.82) is 0 Å². The third-order valence-corrected chi connectivity index (χ3v) is 2.77. The SMILES string of the molecule is CC(=O)CC(=O)Nc1ccc(C(=O)Oc2ccccc2)cc1. The number of benzene rings is 2. The van der Waals surface area contributed by atoms with E-state index in [9.17, 15) is 14.4 Å². The van der Waals surface area contributed by atoms with Gasteiger partial charge in [-0.25, -0.2) is 4.79 Å². The zero-order valence-electron chi connectivity index (χ0n) is 12.0. The number of ketones is 1. The number of amides is 1. The zero-order valence-corrected chi connectivity index (χ0v) is 12.0. The largest absolute Gasteiger partial charge is 0.423 e. The Morgan fingerprint density at radius 1 is 0.955 bits per heavy atom. The van der Waals surface area contributed by atoms with Crippen LogP contribution in [0.5, 0.6) is 5.75 Å². The maximum Gasteiger partial charge on any atom is 0.343 e. The van der Waals surface area contributed by atoms with E-state index in [2.05, 4.69) is 5.32 Å². The van der Waals surface area contributed by atoms with Gasteiger partial charge in [-0.2, -0.15) is 0 Å². The van der Waals surface area contributed by atoms with E-state index in [1.807, 2.05) is 6.07 Å². The van der Waals surface area contributed by atoms with E-state index in [1.54, 1.807) is 48.5 Å². The van der Waals surface area contributed by atoms with Crippen LogP contribution in [0.1, 0.15) is 23.7 Å². The smallest absolute Gasteiger partial charge is 0.343 e. The number of hydrogen-bond donors (Lipinski definition) is 1. The third kappa shape index (κ3) is 4.56. The molecule has 0 bridgehead atoms. The first kappa shape index (κ1) is 15.4. The third-order valence-electron chi connectivity index (χ3n) is 2.77. The predicted octanol–water partition coefficient (Wildman–Crippen LogP) is 2.82. The van der Waals surface area contributed by atoms with E-state index in [0.717, 1.165) is 0 Å². The Morgan fingerprint density at radius 2 is 1.59 bits per heavy atom. The first-order valence-electron chi connectivity index (χ1n) is 6.71. The number of anilines is 1. The van der Waals surface area contributed by atoms with Gasteiger partial charge in [-0.3, -0.25) is 9.59 Å². The molecule has 2 aromatic rings. The summed E-state index contributed by atoms with van der Waals surface area (Å²) in [6.07, 6.45) is -0.169. The Labute approximate surface area is 127 Å². The fraction of sp³-hybridized carbons (Fsp3) is 0.118. The number of para-hydroxylation sites is 1. The molecule has 2 aromatic carbocycles. The van der Waals surface area contributed by atoms with E-state index in [4.69, 9.17) is 4.74 Å². The highest BCUT2D eigenvalue weighted by Crippen LogP contribution is 2.14. The fourth-order valence-electron chi connectivity index (χ4n) is 1.78. The number of carbonyl (C=O) groups excluding carboxylic acids is 3. The number of ether oxygens (including phenoxy) is 1. The molecule has 5 nitrogen and oxygen atoms in total. The maximum absolute atomic E-state index is 11.9. The molecule has 112 valence electrons. The molecule has 0 aliphatic rings. The molecule has 1 amide bonds. The van der Waals surface area contributed by atoms with Crippen LogP contribution in [-0.2, 0) is 9.59 Å². The molecule has 0 unspecified atom stereocenters. The predicted molar refractivity (Wildman–Crippen MR) is 81.8 cm³/mol. The second-order valence-corrected chi connectivity index (χ2v) is 4.71. The second kappa shape index (κ2) is 7.17. The van der Waals surface area contributed by atoms with Crippen LogP contribution in [0.15, 0.2) is 54.6 Å². The van der Waals surface area contributed by atoms with Crippen molar-refractivity contribution >= 4 is 23.3 Å². The molecule has 0 aromatic heterocycles. The van der Waals surface area contributed by atoms with Crippen molar-refractivity contribution in [3.63, 3.8) is 0 Å².